The molecule has 1 aromatic carbocycles. The lowest BCUT2D eigenvalue weighted by Crippen LogP contribution is -2.27. The van der Waals surface area contributed by atoms with E-state index in [1.54, 1.807) is 24.2 Å². The zero-order valence-corrected chi connectivity index (χ0v) is 15.4. The number of benzene rings is 1. The molecule has 3 aromatic rings. The molecule has 0 bridgehead atoms. The molecule has 0 saturated heterocycles. The molecule has 0 atom stereocenters. The predicted molar refractivity (Wildman–Crippen MR) is 98.6 cm³/mol. The van der Waals surface area contributed by atoms with Crippen molar-refractivity contribution in [2.45, 2.75) is 33.4 Å². The molecule has 0 fully saturated rings. The van der Waals surface area contributed by atoms with Crippen molar-refractivity contribution in [2.24, 2.45) is 5.92 Å². The van der Waals surface area contributed by atoms with Crippen molar-refractivity contribution in [3.8, 4) is 0 Å². The van der Waals surface area contributed by atoms with Crippen LogP contribution in [0.25, 0.3) is 0 Å². The molecule has 0 aliphatic rings. The molecule has 6 nitrogen and oxygen atoms in total. The number of hydrogen-bond acceptors (Lipinski definition) is 4. The van der Waals surface area contributed by atoms with Gasteiger partial charge in [-0.2, -0.15) is 0 Å². The third kappa shape index (κ3) is 4.39. The van der Waals surface area contributed by atoms with E-state index in [1.165, 1.54) is 5.56 Å². The zero-order chi connectivity index (χ0) is 18.5. The summed E-state index contributed by atoms with van der Waals surface area (Å²) in [7, 11) is 1.74. The van der Waals surface area contributed by atoms with Crippen molar-refractivity contribution in [1.82, 2.24) is 19.6 Å². The van der Waals surface area contributed by atoms with E-state index >= 15 is 0 Å². The summed E-state index contributed by atoms with van der Waals surface area (Å²) in [6.07, 6.45) is 4.48. The molecule has 0 aliphatic carbocycles. The van der Waals surface area contributed by atoms with Crippen molar-refractivity contribution in [3.05, 3.63) is 71.6 Å². The Morgan fingerprint density at radius 2 is 2.04 bits per heavy atom. The molecular weight excluding hydrogens is 328 g/mol. The Bertz CT molecular complexity index is 852. The predicted octanol–water partition coefficient (Wildman–Crippen LogP) is 3.39. The molecule has 0 unspecified atom stereocenters. The van der Waals surface area contributed by atoms with Gasteiger partial charge in [-0.25, -0.2) is 4.98 Å². The Hall–Kier alpha value is -2.89. The van der Waals surface area contributed by atoms with Crippen LogP contribution in [-0.2, 0) is 19.5 Å². The fraction of sp³-hybridized carbons (Fsp3) is 0.350. The standard InChI is InChI=1S/C20H24N4O2/c1-15(2)11-17-12-18(26-22-17)20(25)23(3)14-19-21-9-10-24(19)13-16-7-5-4-6-8-16/h4-10,12,15H,11,13-14H2,1-3H3. The molecule has 0 N–H and O–H groups in total. The van der Waals surface area contributed by atoms with E-state index in [9.17, 15) is 4.79 Å². The third-order valence-corrected chi connectivity index (χ3v) is 4.11. The molecule has 0 saturated carbocycles. The van der Waals surface area contributed by atoms with E-state index in [1.807, 2.05) is 29.0 Å². The third-order valence-electron chi connectivity index (χ3n) is 4.11. The quantitative estimate of drug-likeness (QED) is 0.654. The van der Waals surface area contributed by atoms with Crippen LogP contribution in [0.2, 0.25) is 0 Å². The lowest BCUT2D eigenvalue weighted by Gasteiger charge is -2.16. The van der Waals surface area contributed by atoms with E-state index in [0.717, 1.165) is 24.5 Å². The Balaban J connectivity index is 1.66. The van der Waals surface area contributed by atoms with E-state index in [2.05, 4.69) is 36.1 Å². The molecule has 0 radical (unpaired) electrons. The first-order chi connectivity index (χ1) is 12.5. The van der Waals surface area contributed by atoms with Gasteiger partial charge in [0.25, 0.3) is 5.91 Å². The number of carbonyl (C=O) groups excluding carboxylic acids is 1. The Kier molecular flexibility index (Phi) is 5.51. The summed E-state index contributed by atoms with van der Waals surface area (Å²) in [6, 6.07) is 11.9. The average molecular weight is 352 g/mol. The van der Waals surface area contributed by atoms with Gasteiger partial charge >= 0.3 is 0 Å². The highest BCUT2D eigenvalue weighted by Gasteiger charge is 2.19. The molecule has 136 valence electrons. The summed E-state index contributed by atoms with van der Waals surface area (Å²) in [6.45, 7) is 5.33. The van der Waals surface area contributed by atoms with Crippen LogP contribution in [-0.4, -0.2) is 32.6 Å². The largest absolute Gasteiger partial charge is 0.351 e. The van der Waals surface area contributed by atoms with E-state index < -0.39 is 0 Å². The maximum Gasteiger partial charge on any atom is 0.292 e. The number of amides is 1. The van der Waals surface area contributed by atoms with Crippen LogP contribution in [0.5, 0.6) is 0 Å². The van der Waals surface area contributed by atoms with E-state index in [0.29, 0.717) is 12.5 Å². The van der Waals surface area contributed by atoms with E-state index in [4.69, 9.17) is 4.52 Å². The van der Waals surface area contributed by atoms with Crippen LogP contribution in [0, 0.1) is 5.92 Å². The summed E-state index contributed by atoms with van der Waals surface area (Å²) >= 11 is 0. The second kappa shape index (κ2) is 7.99. The molecule has 2 heterocycles. The zero-order valence-electron chi connectivity index (χ0n) is 15.4. The van der Waals surface area contributed by atoms with Gasteiger partial charge in [0.1, 0.15) is 5.82 Å². The van der Waals surface area contributed by atoms with Gasteiger partial charge in [-0.15, -0.1) is 0 Å². The number of rotatable bonds is 7. The normalized spacial score (nSPS) is 11.1. The fourth-order valence-corrected chi connectivity index (χ4v) is 2.81. The van der Waals surface area contributed by atoms with Gasteiger partial charge in [0.05, 0.1) is 12.2 Å². The van der Waals surface area contributed by atoms with Crippen molar-refractivity contribution in [2.75, 3.05) is 7.05 Å². The number of nitrogens with zero attached hydrogens (tertiary/aromatic N) is 4. The summed E-state index contributed by atoms with van der Waals surface area (Å²) in [4.78, 5) is 18.6. The number of hydrogen-bond donors (Lipinski definition) is 0. The molecule has 2 aromatic heterocycles. The van der Waals surface area contributed by atoms with Crippen molar-refractivity contribution < 1.29 is 9.32 Å². The second-order valence-corrected chi connectivity index (χ2v) is 6.90. The maximum absolute atomic E-state index is 12.6. The minimum atomic E-state index is -0.193. The van der Waals surface area contributed by atoms with Gasteiger partial charge < -0.3 is 14.0 Å². The van der Waals surface area contributed by atoms with Gasteiger partial charge in [-0.05, 0) is 17.9 Å². The molecule has 0 aliphatic heterocycles. The number of aromatic nitrogens is 3. The number of imidazole rings is 1. The smallest absolute Gasteiger partial charge is 0.292 e. The maximum atomic E-state index is 12.6. The van der Waals surface area contributed by atoms with Gasteiger partial charge in [0.2, 0.25) is 5.76 Å². The average Bonchev–Trinajstić information content (AvgIpc) is 3.24. The van der Waals surface area contributed by atoms with Crippen molar-refractivity contribution in [1.29, 1.82) is 0 Å². The Morgan fingerprint density at radius 1 is 1.27 bits per heavy atom. The Labute approximate surface area is 153 Å². The lowest BCUT2D eigenvalue weighted by molar-refractivity contribution is 0.0738. The fourth-order valence-electron chi connectivity index (χ4n) is 2.81. The number of carbonyl (C=O) groups is 1. The molecular formula is C20H24N4O2. The van der Waals surface area contributed by atoms with Crippen molar-refractivity contribution in [3.63, 3.8) is 0 Å². The highest BCUT2D eigenvalue weighted by atomic mass is 16.5. The van der Waals surface area contributed by atoms with Gasteiger partial charge in [0, 0.05) is 32.1 Å². The summed E-state index contributed by atoms with van der Waals surface area (Å²) in [5, 5.41) is 3.99. The van der Waals surface area contributed by atoms with Crippen LogP contribution >= 0.6 is 0 Å². The van der Waals surface area contributed by atoms with Gasteiger partial charge in [-0.3, -0.25) is 4.79 Å². The summed E-state index contributed by atoms with van der Waals surface area (Å²) in [5.41, 5.74) is 2.00. The highest BCUT2D eigenvalue weighted by Crippen LogP contribution is 2.13. The lowest BCUT2D eigenvalue weighted by atomic mass is 10.1. The van der Waals surface area contributed by atoms with Crippen LogP contribution in [0.3, 0.4) is 0 Å². The molecule has 6 heteroatoms. The van der Waals surface area contributed by atoms with Crippen LogP contribution in [0.15, 0.2) is 53.3 Å². The molecule has 26 heavy (non-hydrogen) atoms. The molecule has 1 amide bonds. The molecule has 0 spiro atoms. The van der Waals surface area contributed by atoms with Crippen LogP contribution in [0.4, 0.5) is 0 Å². The van der Waals surface area contributed by atoms with E-state index in [-0.39, 0.29) is 11.7 Å². The minimum Gasteiger partial charge on any atom is -0.351 e. The first kappa shape index (κ1) is 17.9. The van der Waals surface area contributed by atoms with Crippen molar-refractivity contribution >= 4 is 5.91 Å². The first-order valence-electron chi connectivity index (χ1n) is 8.78. The summed E-state index contributed by atoms with van der Waals surface area (Å²) < 4.78 is 7.27. The SMILES string of the molecule is CC(C)Cc1cc(C(=O)N(C)Cc2nccn2Cc2ccccc2)on1. The van der Waals surface area contributed by atoms with Crippen LogP contribution < -0.4 is 0 Å². The molecule has 3 rings (SSSR count). The topological polar surface area (TPSA) is 64.2 Å². The summed E-state index contributed by atoms with van der Waals surface area (Å²) in [5.74, 6) is 1.36. The highest BCUT2D eigenvalue weighted by molar-refractivity contribution is 5.91. The van der Waals surface area contributed by atoms with Crippen LogP contribution in [0.1, 0.15) is 41.5 Å². The minimum absolute atomic E-state index is 0.193. The van der Waals surface area contributed by atoms with Gasteiger partial charge in [-0.1, -0.05) is 49.3 Å². The second-order valence-electron chi connectivity index (χ2n) is 6.90. The van der Waals surface area contributed by atoms with Gasteiger partial charge in [0.15, 0.2) is 0 Å². The first-order valence-corrected chi connectivity index (χ1v) is 8.78. The monoisotopic (exact) mass is 352 g/mol. The Morgan fingerprint density at radius 3 is 2.77 bits per heavy atom.